The lowest BCUT2D eigenvalue weighted by Crippen LogP contribution is -2.19. The fourth-order valence-electron chi connectivity index (χ4n) is 2.70. The molecule has 0 spiro atoms. The minimum Gasteiger partial charge on any atom is -0.494 e. The number of benzene rings is 2. The van der Waals surface area contributed by atoms with E-state index >= 15 is 0 Å². The molecule has 3 aromatic rings. The molecule has 0 radical (unpaired) electrons. The average Bonchev–Trinajstić information content (AvgIpc) is 3.01. The van der Waals surface area contributed by atoms with Crippen LogP contribution in [0.4, 0.5) is 5.69 Å². The number of methoxy groups -OCH3 is 1. The third-order valence-corrected chi connectivity index (χ3v) is 4.82. The molecule has 4 rings (SSSR count). The Balaban J connectivity index is 1.68. The van der Waals surface area contributed by atoms with E-state index in [1.807, 2.05) is 60.7 Å². The lowest BCUT2D eigenvalue weighted by molar-refractivity contribution is -0.115. The maximum atomic E-state index is 12.3. The van der Waals surface area contributed by atoms with E-state index in [1.165, 1.54) is 11.8 Å². The molecule has 1 aliphatic rings. The predicted molar refractivity (Wildman–Crippen MR) is 106 cm³/mol. The first-order chi connectivity index (χ1) is 12.7. The minimum absolute atomic E-state index is 0.170. The van der Waals surface area contributed by atoms with Crippen molar-refractivity contribution in [1.82, 2.24) is 10.3 Å². The van der Waals surface area contributed by atoms with Crippen molar-refractivity contribution in [2.45, 2.75) is 0 Å². The van der Waals surface area contributed by atoms with Crippen LogP contribution < -0.4 is 10.1 Å². The highest BCUT2D eigenvalue weighted by atomic mass is 32.2. The zero-order chi connectivity index (χ0) is 17.9. The van der Waals surface area contributed by atoms with Gasteiger partial charge in [-0.15, -0.1) is 0 Å². The fourth-order valence-corrected chi connectivity index (χ4v) is 3.52. The third kappa shape index (κ3) is 3.19. The molecule has 128 valence electrons. The summed E-state index contributed by atoms with van der Waals surface area (Å²) in [7, 11) is 1.60. The Hall–Kier alpha value is -3.12. The number of nitrogens with zero attached hydrogens (tertiary/aromatic N) is 2. The molecule has 1 saturated heterocycles. The second-order valence-electron chi connectivity index (χ2n) is 5.58. The number of carbonyl (C=O) groups is 1. The van der Waals surface area contributed by atoms with Crippen molar-refractivity contribution in [3.05, 3.63) is 71.3 Å². The highest BCUT2D eigenvalue weighted by Gasteiger charge is 2.24. The van der Waals surface area contributed by atoms with Gasteiger partial charge in [0.15, 0.2) is 5.17 Å². The molecule has 26 heavy (non-hydrogen) atoms. The second kappa shape index (κ2) is 7.01. The SMILES string of the molecule is COc1ccccc1N=C1NC(=O)C(=Cc2cccc3cccnc23)S1. The summed E-state index contributed by atoms with van der Waals surface area (Å²) in [6, 6.07) is 17.2. The first-order valence-corrected chi connectivity index (χ1v) is 8.82. The topological polar surface area (TPSA) is 63.6 Å². The molecule has 6 heteroatoms. The molecule has 1 amide bonds. The van der Waals surface area contributed by atoms with E-state index in [0.29, 0.717) is 21.5 Å². The summed E-state index contributed by atoms with van der Waals surface area (Å²) in [6.07, 6.45) is 3.60. The molecule has 0 unspecified atom stereocenters. The molecular formula is C20H15N3O2S. The number of rotatable bonds is 3. The lowest BCUT2D eigenvalue weighted by atomic mass is 10.1. The number of hydrogen-bond acceptors (Lipinski definition) is 5. The van der Waals surface area contributed by atoms with Crippen LogP contribution >= 0.6 is 11.8 Å². The maximum absolute atomic E-state index is 12.3. The van der Waals surface area contributed by atoms with Crippen LogP contribution in [0.25, 0.3) is 17.0 Å². The first-order valence-electron chi connectivity index (χ1n) is 8.01. The molecule has 1 aliphatic heterocycles. The summed E-state index contributed by atoms with van der Waals surface area (Å²) in [5.74, 6) is 0.488. The summed E-state index contributed by atoms with van der Waals surface area (Å²) in [6.45, 7) is 0. The smallest absolute Gasteiger partial charge is 0.264 e. The Morgan fingerprint density at radius 3 is 2.85 bits per heavy atom. The standard InChI is InChI=1S/C20H15N3O2S/c1-25-16-10-3-2-9-15(16)22-20-23-19(24)17(26-20)12-14-7-4-6-13-8-5-11-21-18(13)14/h2-12H,1H3,(H,22,23,24). The summed E-state index contributed by atoms with van der Waals surface area (Å²) in [5.41, 5.74) is 2.44. The van der Waals surface area contributed by atoms with Crippen LogP contribution in [-0.2, 0) is 4.79 Å². The van der Waals surface area contributed by atoms with Gasteiger partial charge in [-0.3, -0.25) is 9.78 Å². The predicted octanol–water partition coefficient (Wildman–Crippen LogP) is 4.14. The maximum Gasteiger partial charge on any atom is 0.264 e. The zero-order valence-electron chi connectivity index (χ0n) is 14.0. The monoisotopic (exact) mass is 361 g/mol. The van der Waals surface area contributed by atoms with Gasteiger partial charge in [-0.2, -0.15) is 0 Å². The van der Waals surface area contributed by atoms with Crippen molar-refractivity contribution in [3.63, 3.8) is 0 Å². The lowest BCUT2D eigenvalue weighted by Gasteiger charge is -2.03. The van der Waals surface area contributed by atoms with Gasteiger partial charge in [0.1, 0.15) is 11.4 Å². The molecule has 0 saturated carbocycles. The third-order valence-electron chi connectivity index (χ3n) is 3.91. The molecule has 1 N–H and O–H groups in total. The van der Waals surface area contributed by atoms with Gasteiger partial charge >= 0.3 is 0 Å². The van der Waals surface area contributed by atoms with Crippen LogP contribution in [-0.4, -0.2) is 23.2 Å². The number of nitrogens with one attached hydrogen (secondary N) is 1. The van der Waals surface area contributed by atoms with E-state index in [0.717, 1.165) is 16.5 Å². The van der Waals surface area contributed by atoms with E-state index in [1.54, 1.807) is 13.3 Å². The highest BCUT2D eigenvalue weighted by Crippen LogP contribution is 2.32. The van der Waals surface area contributed by atoms with Crippen molar-refractivity contribution in [3.8, 4) is 5.75 Å². The van der Waals surface area contributed by atoms with Crippen molar-refractivity contribution < 1.29 is 9.53 Å². The van der Waals surface area contributed by atoms with E-state index in [9.17, 15) is 4.79 Å². The number of carbonyl (C=O) groups excluding carboxylic acids is 1. The quantitative estimate of drug-likeness (QED) is 0.712. The number of amides is 1. The van der Waals surface area contributed by atoms with E-state index < -0.39 is 0 Å². The van der Waals surface area contributed by atoms with Gasteiger partial charge in [0.05, 0.1) is 17.5 Å². The Morgan fingerprint density at radius 2 is 1.96 bits per heavy atom. The fraction of sp³-hybridized carbons (Fsp3) is 0.0500. The number of fused-ring (bicyclic) bond motifs is 1. The molecule has 0 atom stereocenters. The van der Waals surface area contributed by atoms with Gasteiger partial charge in [-0.25, -0.2) is 4.99 Å². The molecule has 1 aromatic heterocycles. The highest BCUT2D eigenvalue weighted by molar-refractivity contribution is 8.18. The van der Waals surface area contributed by atoms with Crippen LogP contribution in [0.5, 0.6) is 5.75 Å². The van der Waals surface area contributed by atoms with E-state index in [4.69, 9.17) is 4.74 Å². The number of aromatic nitrogens is 1. The minimum atomic E-state index is -0.170. The number of aliphatic imine (C=N–C) groups is 1. The van der Waals surface area contributed by atoms with Crippen molar-refractivity contribution >= 4 is 45.5 Å². The van der Waals surface area contributed by atoms with Crippen molar-refractivity contribution in [2.24, 2.45) is 4.99 Å². The van der Waals surface area contributed by atoms with Gasteiger partial charge in [-0.05, 0) is 36.0 Å². The van der Waals surface area contributed by atoms with Crippen LogP contribution in [0.2, 0.25) is 0 Å². The average molecular weight is 361 g/mol. The molecule has 0 aliphatic carbocycles. The first kappa shape index (κ1) is 16.4. The number of thioether (sulfide) groups is 1. The number of ether oxygens (including phenoxy) is 1. The molecule has 2 heterocycles. The molecule has 1 fully saturated rings. The number of pyridine rings is 1. The second-order valence-corrected chi connectivity index (χ2v) is 6.61. The van der Waals surface area contributed by atoms with Gasteiger partial charge < -0.3 is 10.1 Å². The van der Waals surface area contributed by atoms with Crippen LogP contribution in [0, 0.1) is 0 Å². The number of amidine groups is 1. The largest absolute Gasteiger partial charge is 0.494 e. The Kier molecular flexibility index (Phi) is 4.41. The van der Waals surface area contributed by atoms with Crippen molar-refractivity contribution in [2.75, 3.05) is 7.11 Å². The summed E-state index contributed by atoms with van der Waals surface area (Å²) >= 11 is 1.30. The summed E-state index contributed by atoms with van der Waals surface area (Å²) in [4.78, 5) is 21.8. The van der Waals surface area contributed by atoms with Gasteiger partial charge in [-0.1, -0.05) is 36.4 Å². The van der Waals surface area contributed by atoms with Gasteiger partial charge in [0, 0.05) is 17.1 Å². The molecule has 2 aromatic carbocycles. The summed E-state index contributed by atoms with van der Waals surface area (Å²) in [5, 5.41) is 4.36. The number of para-hydroxylation sites is 3. The normalized spacial score (nSPS) is 17.0. The molecular weight excluding hydrogens is 346 g/mol. The Morgan fingerprint density at radius 1 is 1.12 bits per heavy atom. The van der Waals surface area contributed by atoms with Crippen LogP contribution in [0.15, 0.2) is 70.7 Å². The van der Waals surface area contributed by atoms with Crippen molar-refractivity contribution in [1.29, 1.82) is 0 Å². The van der Waals surface area contributed by atoms with Crippen LogP contribution in [0.1, 0.15) is 5.56 Å². The Labute approximate surface area is 154 Å². The Bertz CT molecular complexity index is 1050. The van der Waals surface area contributed by atoms with Gasteiger partial charge in [0.2, 0.25) is 0 Å². The molecule has 5 nitrogen and oxygen atoms in total. The van der Waals surface area contributed by atoms with Gasteiger partial charge in [0.25, 0.3) is 5.91 Å². The number of hydrogen-bond donors (Lipinski definition) is 1. The van der Waals surface area contributed by atoms with E-state index in [-0.39, 0.29) is 5.91 Å². The van der Waals surface area contributed by atoms with E-state index in [2.05, 4.69) is 15.3 Å². The molecule has 0 bridgehead atoms. The van der Waals surface area contributed by atoms with Crippen LogP contribution in [0.3, 0.4) is 0 Å². The zero-order valence-corrected chi connectivity index (χ0v) is 14.8. The summed E-state index contributed by atoms with van der Waals surface area (Å²) < 4.78 is 5.30.